The van der Waals surface area contributed by atoms with E-state index in [1.54, 1.807) is 6.26 Å². The fourth-order valence-corrected chi connectivity index (χ4v) is 1.43. The fraction of sp³-hybridized carbons (Fsp3) is 0. The Labute approximate surface area is 96.2 Å². The van der Waals surface area contributed by atoms with E-state index in [1.165, 1.54) is 0 Å². The van der Waals surface area contributed by atoms with E-state index >= 15 is 0 Å². The third-order valence-electron chi connectivity index (χ3n) is 1.82. The SMILES string of the molecule is Nc1cccc(C#Cc2occc2Br)c1. The maximum atomic E-state index is 5.64. The molecule has 3 heteroatoms. The van der Waals surface area contributed by atoms with Crippen LogP contribution in [0.1, 0.15) is 11.3 Å². The summed E-state index contributed by atoms with van der Waals surface area (Å²) in [5, 5.41) is 0. The third-order valence-corrected chi connectivity index (χ3v) is 2.45. The number of nitrogens with two attached hydrogens (primary N) is 1. The van der Waals surface area contributed by atoms with Crippen molar-refractivity contribution in [2.45, 2.75) is 0 Å². The van der Waals surface area contributed by atoms with Crippen molar-refractivity contribution in [2.75, 3.05) is 5.73 Å². The molecule has 2 aromatic rings. The number of hydrogen-bond acceptors (Lipinski definition) is 2. The van der Waals surface area contributed by atoms with Crippen LogP contribution < -0.4 is 5.73 Å². The molecule has 0 amide bonds. The van der Waals surface area contributed by atoms with Gasteiger partial charge < -0.3 is 10.2 Å². The van der Waals surface area contributed by atoms with E-state index in [-0.39, 0.29) is 0 Å². The standard InChI is InChI=1S/C12H8BrNO/c13-11-6-7-15-12(11)5-4-9-2-1-3-10(14)8-9/h1-3,6-8H,14H2. The van der Waals surface area contributed by atoms with Crippen LogP contribution >= 0.6 is 15.9 Å². The van der Waals surface area contributed by atoms with Crippen LogP contribution in [0.4, 0.5) is 5.69 Å². The predicted molar refractivity (Wildman–Crippen MR) is 63.2 cm³/mol. The van der Waals surface area contributed by atoms with E-state index in [1.807, 2.05) is 30.3 Å². The molecule has 0 aliphatic rings. The minimum atomic E-state index is 0.623. The zero-order chi connectivity index (χ0) is 10.7. The van der Waals surface area contributed by atoms with Gasteiger partial charge in [0.15, 0.2) is 5.76 Å². The Bertz CT molecular complexity index is 534. The van der Waals surface area contributed by atoms with Gasteiger partial charge in [0.05, 0.1) is 10.7 Å². The summed E-state index contributed by atoms with van der Waals surface area (Å²) < 4.78 is 6.02. The second-order valence-corrected chi connectivity index (χ2v) is 3.83. The van der Waals surface area contributed by atoms with Gasteiger partial charge in [0.2, 0.25) is 0 Å². The second-order valence-electron chi connectivity index (χ2n) is 2.97. The Balaban J connectivity index is 2.30. The lowest BCUT2D eigenvalue weighted by Crippen LogP contribution is -1.84. The van der Waals surface area contributed by atoms with Crippen molar-refractivity contribution in [3.8, 4) is 11.8 Å². The Kier molecular flexibility index (Phi) is 2.79. The fourth-order valence-electron chi connectivity index (χ4n) is 1.13. The molecule has 0 aliphatic heterocycles. The first-order chi connectivity index (χ1) is 7.25. The van der Waals surface area contributed by atoms with Crippen LogP contribution in [0, 0.1) is 11.8 Å². The molecule has 15 heavy (non-hydrogen) atoms. The molecule has 0 fully saturated rings. The highest BCUT2D eigenvalue weighted by molar-refractivity contribution is 9.10. The molecule has 2 nitrogen and oxygen atoms in total. The van der Waals surface area contributed by atoms with Crippen molar-refractivity contribution >= 4 is 21.6 Å². The molecule has 0 spiro atoms. The zero-order valence-electron chi connectivity index (χ0n) is 7.83. The first kappa shape index (κ1) is 9.88. The molecule has 0 saturated heterocycles. The number of hydrogen-bond donors (Lipinski definition) is 1. The predicted octanol–water partition coefficient (Wildman–Crippen LogP) is 3.02. The molecule has 1 heterocycles. The van der Waals surface area contributed by atoms with E-state index in [4.69, 9.17) is 10.2 Å². The van der Waals surface area contributed by atoms with Crippen molar-refractivity contribution < 1.29 is 4.42 Å². The maximum absolute atomic E-state index is 5.64. The summed E-state index contributed by atoms with van der Waals surface area (Å²) in [6.07, 6.45) is 1.59. The van der Waals surface area contributed by atoms with E-state index in [2.05, 4.69) is 27.8 Å². The van der Waals surface area contributed by atoms with E-state index in [9.17, 15) is 0 Å². The van der Waals surface area contributed by atoms with Crippen molar-refractivity contribution in [1.29, 1.82) is 0 Å². The van der Waals surface area contributed by atoms with Gasteiger partial charge in [-0.15, -0.1) is 0 Å². The maximum Gasteiger partial charge on any atom is 0.191 e. The lowest BCUT2D eigenvalue weighted by atomic mass is 10.2. The molecular formula is C12H8BrNO. The molecule has 74 valence electrons. The van der Waals surface area contributed by atoms with Gasteiger partial charge in [-0.3, -0.25) is 0 Å². The van der Waals surface area contributed by atoms with Crippen LogP contribution in [0.2, 0.25) is 0 Å². The van der Waals surface area contributed by atoms with E-state index < -0.39 is 0 Å². The van der Waals surface area contributed by atoms with Crippen LogP contribution in [0.3, 0.4) is 0 Å². The molecule has 1 aromatic heterocycles. The summed E-state index contributed by atoms with van der Waals surface area (Å²) in [5.74, 6) is 6.51. The molecule has 2 N–H and O–H groups in total. The van der Waals surface area contributed by atoms with Crippen molar-refractivity contribution in [3.05, 3.63) is 52.4 Å². The summed E-state index contributed by atoms with van der Waals surface area (Å²) in [7, 11) is 0. The third kappa shape index (κ3) is 2.42. The summed E-state index contributed by atoms with van der Waals surface area (Å²) >= 11 is 3.33. The summed E-state index contributed by atoms with van der Waals surface area (Å²) in [6, 6.07) is 9.23. The summed E-state index contributed by atoms with van der Waals surface area (Å²) in [5.41, 5.74) is 7.22. The number of anilines is 1. The molecule has 1 aromatic carbocycles. The van der Waals surface area contributed by atoms with Gasteiger partial charge in [-0.25, -0.2) is 0 Å². The van der Waals surface area contributed by atoms with E-state index in [0.29, 0.717) is 11.4 Å². The summed E-state index contributed by atoms with van der Waals surface area (Å²) in [6.45, 7) is 0. The molecule has 0 unspecified atom stereocenters. The molecule has 0 atom stereocenters. The van der Waals surface area contributed by atoms with Crippen molar-refractivity contribution in [2.24, 2.45) is 0 Å². The molecule has 0 radical (unpaired) electrons. The smallest absolute Gasteiger partial charge is 0.191 e. The lowest BCUT2D eigenvalue weighted by molar-refractivity contribution is 0.553. The van der Waals surface area contributed by atoms with Crippen LogP contribution in [-0.2, 0) is 0 Å². The minimum absolute atomic E-state index is 0.623. The average Bonchev–Trinajstić information content (AvgIpc) is 2.61. The number of rotatable bonds is 0. The van der Waals surface area contributed by atoms with Crippen LogP contribution in [0.5, 0.6) is 0 Å². The number of benzene rings is 1. The molecular weight excluding hydrogens is 254 g/mol. The number of furan rings is 1. The minimum Gasteiger partial charge on any atom is -0.455 e. The Hall–Kier alpha value is -1.66. The molecule has 0 saturated carbocycles. The number of halogens is 1. The Morgan fingerprint density at radius 3 is 2.73 bits per heavy atom. The van der Waals surface area contributed by atoms with Crippen LogP contribution in [-0.4, -0.2) is 0 Å². The Morgan fingerprint density at radius 1 is 1.20 bits per heavy atom. The van der Waals surface area contributed by atoms with Gasteiger partial charge in [-0.05, 0) is 46.1 Å². The average molecular weight is 262 g/mol. The highest BCUT2D eigenvalue weighted by atomic mass is 79.9. The van der Waals surface area contributed by atoms with E-state index in [0.717, 1.165) is 10.0 Å². The van der Waals surface area contributed by atoms with Gasteiger partial charge in [0, 0.05) is 11.3 Å². The molecule has 0 aliphatic carbocycles. The van der Waals surface area contributed by atoms with Crippen LogP contribution in [0.15, 0.2) is 45.5 Å². The highest BCUT2D eigenvalue weighted by Gasteiger charge is 1.97. The monoisotopic (exact) mass is 261 g/mol. The lowest BCUT2D eigenvalue weighted by Gasteiger charge is -1.92. The van der Waals surface area contributed by atoms with Crippen LogP contribution in [0.25, 0.3) is 0 Å². The largest absolute Gasteiger partial charge is 0.455 e. The highest BCUT2D eigenvalue weighted by Crippen LogP contribution is 2.16. The zero-order valence-corrected chi connectivity index (χ0v) is 9.41. The normalized spacial score (nSPS) is 9.40. The Morgan fingerprint density at radius 2 is 2.07 bits per heavy atom. The number of nitrogen functional groups attached to an aromatic ring is 1. The van der Waals surface area contributed by atoms with Gasteiger partial charge in [-0.1, -0.05) is 12.0 Å². The first-order valence-corrected chi connectivity index (χ1v) is 5.15. The quantitative estimate of drug-likeness (QED) is 0.585. The van der Waals surface area contributed by atoms with Gasteiger partial charge in [0.1, 0.15) is 0 Å². The van der Waals surface area contributed by atoms with Gasteiger partial charge >= 0.3 is 0 Å². The second kappa shape index (κ2) is 4.24. The molecule has 2 rings (SSSR count). The summed E-state index contributed by atoms with van der Waals surface area (Å²) in [4.78, 5) is 0. The first-order valence-electron chi connectivity index (χ1n) is 4.36. The topological polar surface area (TPSA) is 39.2 Å². The van der Waals surface area contributed by atoms with Gasteiger partial charge in [0.25, 0.3) is 0 Å². The molecule has 0 bridgehead atoms. The van der Waals surface area contributed by atoms with Crippen molar-refractivity contribution in [1.82, 2.24) is 0 Å². The van der Waals surface area contributed by atoms with Crippen molar-refractivity contribution in [3.63, 3.8) is 0 Å². The van der Waals surface area contributed by atoms with Gasteiger partial charge in [-0.2, -0.15) is 0 Å².